The van der Waals surface area contributed by atoms with Gasteiger partial charge in [0.25, 0.3) is 0 Å². The molecule has 0 saturated carbocycles. The van der Waals surface area contributed by atoms with E-state index in [1.165, 1.54) is 0 Å². The van der Waals surface area contributed by atoms with Crippen molar-refractivity contribution in [1.29, 1.82) is 5.26 Å². The van der Waals surface area contributed by atoms with Gasteiger partial charge in [-0.2, -0.15) is 5.26 Å². The van der Waals surface area contributed by atoms with Crippen molar-refractivity contribution in [3.8, 4) is 17.6 Å². The van der Waals surface area contributed by atoms with Gasteiger partial charge in [-0.05, 0) is 138 Å². The zero-order chi connectivity index (χ0) is 40.1. The van der Waals surface area contributed by atoms with E-state index in [1.807, 2.05) is 97.1 Å². The molecule has 0 unspecified atom stereocenters. The predicted octanol–water partition coefficient (Wildman–Crippen LogP) is 14.2. The monoisotopic (exact) mass is 754 g/mol. The first kappa shape index (κ1) is 38.5. The van der Waals surface area contributed by atoms with Crippen LogP contribution in [0.2, 0.25) is 0 Å². The molecule has 0 aliphatic carbocycles. The Morgan fingerprint density at radius 2 is 0.983 bits per heavy atom. The average Bonchev–Trinajstić information content (AvgIpc) is 3.29. The topological polar surface area (TPSA) is 53.1 Å². The molecule has 0 aliphatic rings. The highest BCUT2D eigenvalue weighted by molar-refractivity contribution is 5.84. The van der Waals surface area contributed by atoms with E-state index in [4.69, 9.17) is 16.0 Å². The fourth-order valence-electron chi connectivity index (χ4n) is 6.62. The van der Waals surface area contributed by atoms with E-state index in [-0.39, 0.29) is 0 Å². The van der Waals surface area contributed by atoms with E-state index in [0.29, 0.717) is 29.0 Å². The van der Waals surface area contributed by atoms with Crippen molar-refractivity contribution >= 4 is 64.1 Å². The lowest BCUT2D eigenvalue weighted by Gasteiger charge is -2.25. The maximum Gasteiger partial charge on any atom is 0.194 e. The second kappa shape index (κ2) is 18.7. The molecule has 282 valence electrons. The maximum absolute atomic E-state index is 10.2. The normalized spacial score (nSPS) is 10.9. The molecule has 0 radical (unpaired) electrons. The summed E-state index contributed by atoms with van der Waals surface area (Å²) in [6.45, 7) is 10.7. The third kappa shape index (κ3) is 9.17. The first-order chi connectivity index (χ1) is 28.6. The van der Waals surface area contributed by atoms with Crippen molar-refractivity contribution in [2.24, 2.45) is 0 Å². The van der Waals surface area contributed by atoms with Crippen molar-refractivity contribution in [2.45, 2.75) is 13.3 Å². The maximum atomic E-state index is 10.2. The molecule has 0 amide bonds. The molecular formula is C52H42N4O2. The van der Waals surface area contributed by atoms with Gasteiger partial charge in [0.05, 0.1) is 31.9 Å². The van der Waals surface area contributed by atoms with E-state index >= 15 is 0 Å². The lowest BCUT2D eigenvalue weighted by atomic mass is 10.0. The van der Waals surface area contributed by atoms with E-state index in [2.05, 4.69) is 113 Å². The van der Waals surface area contributed by atoms with E-state index < -0.39 is 0 Å². The standard InChI is InChI=1S/C52H42N4O2/c1-4-35-58-51-33-29-49(30-34-51)56(45-13-9-6-10-14-45)47-23-17-39(18-24-47)15-21-41-37-52(54-2)42(36-43(41)38-53)22-16-40-19-25-46(26-20-40)55(44-11-7-5-8-12-44)48-27-31-50(57-3)32-28-48/h5-34,36-37H,4,35H2,1,3H3/b21-15-,22-16-. The molecule has 0 N–H and O–H groups in total. The van der Waals surface area contributed by atoms with E-state index in [1.54, 1.807) is 19.2 Å². The lowest BCUT2D eigenvalue weighted by Crippen LogP contribution is -2.09. The Labute approximate surface area is 341 Å². The Morgan fingerprint density at radius 1 is 0.552 bits per heavy atom. The van der Waals surface area contributed by atoms with Gasteiger partial charge in [-0.25, -0.2) is 4.85 Å². The second-order valence-electron chi connectivity index (χ2n) is 13.5. The van der Waals surface area contributed by atoms with Gasteiger partial charge in [-0.3, -0.25) is 0 Å². The largest absolute Gasteiger partial charge is 0.497 e. The van der Waals surface area contributed by atoms with Crippen molar-refractivity contribution in [2.75, 3.05) is 23.5 Å². The number of anilines is 6. The summed E-state index contributed by atoms with van der Waals surface area (Å²) in [5.74, 6) is 1.65. The minimum absolute atomic E-state index is 0.473. The van der Waals surface area contributed by atoms with E-state index in [9.17, 15) is 5.26 Å². The van der Waals surface area contributed by atoms with Crippen molar-refractivity contribution in [3.63, 3.8) is 0 Å². The van der Waals surface area contributed by atoms with Crippen LogP contribution >= 0.6 is 0 Å². The molecule has 0 saturated heterocycles. The molecule has 7 aromatic rings. The molecule has 7 aromatic carbocycles. The summed E-state index contributed by atoms with van der Waals surface area (Å²) in [7, 11) is 1.66. The average molecular weight is 755 g/mol. The summed E-state index contributed by atoms with van der Waals surface area (Å²) in [5.41, 5.74) is 10.4. The number of nitrogens with zero attached hydrogens (tertiary/aromatic N) is 4. The fraction of sp³-hybridized carbons (Fsp3) is 0.0769. The van der Waals surface area contributed by atoms with Crippen LogP contribution in [0.4, 0.5) is 39.8 Å². The molecular weight excluding hydrogens is 713 g/mol. The molecule has 58 heavy (non-hydrogen) atoms. The molecule has 0 bridgehead atoms. The highest BCUT2D eigenvalue weighted by Crippen LogP contribution is 2.37. The molecule has 0 atom stereocenters. The number of ether oxygens (including phenoxy) is 2. The van der Waals surface area contributed by atoms with Crippen LogP contribution in [0, 0.1) is 17.9 Å². The summed E-state index contributed by atoms with van der Waals surface area (Å²) in [5, 5.41) is 10.2. The first-order valence-corrected chi connectivity index (χ1v) is 19.2. The van der Waals surface area contributed by atoms with Crippen molar-refractivity contribution < 1.29 is 9.47 Å². The Hall–Kier alpha value is -7.80. The van der Waals surface area contributed by atoms with Gasteiger partial charge in [0.2, 0.25) is 0 Å². The third-order valence-electron chi connectivity index (χ3n) is 9.58. The van der Waals surface area contributed by atoms with Crippen molar-refractivity contribution in [3.05, 3.63) is 209 Å². The molecule has 0 aliphatic heterocycles. The van der Waals surface area contributed by atoms with Gasteiger partial charge in [0, 0.05) is 34.1 Å². The number of benzene rings is 7. The molecule has 0 spiro atoms. The lowest BCUT2D eigenvalue weighted by molar-refractivity contribution is 0.317. The number of hydrogen-bond donors (Lipinski definition) is 0. The quantitative estimate of drug-likeness (QED) is 0.0817. The van der Waals surface area contributed by atoms with Gasteiger partial charge >= 0.3 is 0 Å². The minimum atomic E-state index is 0.473. The highest BCUT2D eigenvalue weighted by Gasteiger charge is 2.14. The Balaban J connectivity index is 1.09. The number of rotatable bonds is 14. The fourth-order valence-corrected chi connectivity index (χ4v) is 6.62. The smallest absolute Gasteiger partial charge is 0.194 e. The number of nitriles is 1. The molecule has 0 aromatic heterocycles. The molecule has 6 nitrogen and oxygen atoms in total. The highest BCUT2D eigenvalue weighted by atomic mass is 16.5. The number of hydrogen-bond acceptors (Lipinski definition) is 5. The van der Waals surface area contributed by atoms with Gasteiger partial charge in [0.1, 0.15) is 11.5 Å². The van der Waals surface area contributed by atoms with Gasteiger partial charge in [0.15, 0.2) is 5.69 Å². The first-order valence-electron chi connectivity index (χ1n) is 19.2. The molecule has 6 heteroatoms. The predicted molar refractivity (Wildman–Crippen MR) is 240 cm³/mol. The van der Waals surface area contributed by atoms with Crippen LogP contribution in [0.5, 0.6) is 11.5 Å². The zero-order valence-corrected chi connectivity index (χ0v) is 32.5. The number of para-hydroxylation sites is 2. The Kier molecular flexibility index (Phi) is 12.4. The summed E-state index contributed by atoms with van der Waals surface area (Å²) >= 11 is 0. The van der Waals surface area contributed by atoms with Crippen LogP contribution in [0.15, 0.2) is 170 Å². The number of methoxy groups -OCH3 is 1. The van der Waals surface area contributed by atoms with Crippen LogP contribution in [0.25, 0.3) is 29.1 Å². The van der Waals surface area contributed by atoms with E-state index in [0.717, 1.165) is 63.2 Å². The third-order valence-corrected chi connectivity index (χ3v) is 9.58. The summed E-state index contributed by atoms with van der Waals surface area (Å²) in [6.07, 6.45) is 8.71. The zero-order valence-electron chi connectivity index (χ0n) is 32.5. The second-order valence-corrected chi connectivity index (χ2v) is 13.5. The Bertz CT molecular complexity index is 2570. The van der Waals surface area contributed by atoms with Gasteiger partial charge in [-0.15, -0.1) is 0 Å². The SMILES string of the molecule is [C-]#[N+]c1cc(/C=C\c2ccc(N(c3ccccc3)c3ccc(OCCC)cc3)cc2)c(C#N)cc1/C=C\c1ccc(N(c2ccccc2)c2ccc(OC)cc2)cc1. The molecule has 7 rings (SSSR count). The van der Waals surface area contributed by atoms with Crippen LogP contribution in [-0.4, -0.2) is 13.7 Å². The molecule has 0 heterocycles. The van der Waals surface area contributed by atoms with Crippen LogP contribution < -0.4 is 19.3 Å². The summed E-state index contributed by atoms with van der Waals surface area (Å²) in [4.78, 5) is 8.22. The van der Waals surface area contributed by atoms with Gasteiger partial charge < -0.3 is 19.3 Å². The summed E-state index contributed by atoms with van der Waals surface area (Å²) in [6, 6.07) is 59.1. The molecule has 0 fully saturated rings. The Morgan fingerprint density at radius 3 is 1.41 bits per heavy atom. The van der Waals surface area contributed by atoms with Gasteiger partial charge in [-0.1, -0.05) is 91.9 Å². The minimum Gasteiger partial charge on any atom is -0.497 e. The van der Waals surface area contributed by atoms with Crippen LogP contribution in [0.1, 0.15) is 41.2 Å². The van der Waals surface area contributed by atoms with Crippen LogP contribution in [-0.2, 0) is 0 Å². The summed E-state index contributed by atoms with van der Waals surface area (Å²) < 4.78 is 11.2. The van der Waals surface area contributed by atoms with Crippen molar-refractivity contribution in [1.82, 2.24) is 0 Å². The van der Waals surface area contributed by atoms with Crippen LogP contribution in [0.3, 0.4) is 0 Å².